The van der Waals surface area contributed by atoms with Crippen molar-refractivity contribution in [3.05, 3.63) is 74.9 Å². The highest BCUT2D eigenvalue weighted by Crippen LogP contribution is 2.51. The molecular formula is C25H24ClF3N2O8S. The lowest BCUT2D eigenvalue weighted by Gasteiger charge is -2.36. The number of aromatic nitrogens is 1. The van der Waals surface area contributed by atoms with Crippen LogP contribution in [0.15, 0.2) is 53.6 Å². The molecule has 10 nitrogen and oxygen atoms in total. The zero-order valence-electron chi connectivity index (χ0n) is 21.4. The number of aryl methyl sites for hydroxylation is 1. The molecule has 1 heterocycles. The number of carbonyl (C=O) groups is 2. The van der Waals surface area contributed by atoms with Gasteiger partial charge in [0.2, 0.25) is 6.54 Å². The molecule has 0 N–H and O–H groups in total. The van der Waals surface area contributed by atoms with Crippen LogP contribution in [0.2, 0.25) is 5.02 Å². The summed E-state index contributed by atoms with van der Waals surface area (Å²) in [4.78, 5) is 36.1. The van der Waals surface area contributed by atoms with Crippen LogP contribution in [0.4, 0.5) is 13.2 Å². The van der Waals surface area contributed by atoms with Crippen LogP contribution in [0.1, 0.15) is 25.0 Å². The first kappa shape index (κ1) is 30.9. The quantitative estimate of drug-likeness (QED) is 0.141. The Labute approximate surface area is 231 Å². The molecule has 0 fully saturated rings. The molecule has 1 atom stereocenters. The van der Waals surface area contributed by atoms with Crippen LogP contribution >= 0.6 is 11.6 Å². The zero-order valence-corrected chi connectivity index (χ0v) is 23.0. The van der Waals surface area contributed by atoms with Gasteiger partial charge in [-0.25, -0.2) is 12.4 Å². The van der Waals surface area contributed by atoms with Gasteiger partial charge in [0.1, 0.15) is 0 Å². The first-order chi connectivity index (χ1) is 18.6. The molecule has 0 spiro atoms. The van der Waals surface area contributed by atoms with E-state index < -0.39 is 75.1 Å². The van der Waals surface area contributed by atoms with Crippen molar-refractivity contribution in [3.8, 4) is 0 Å². The number of esters is 2. The molecule has 3 rings (SSSR count). The van der Waals surface area contributed by atoms with Crippen molar-refractivity contribution in [3.63, 3.8) is 0 Å². The second-order valence-electron chi connectivity index (χ2n) is 8.72. The van der Waals surface area contributed by atoms with Crippen LogP contribution in [0.25, 0.3) is 10.9 Å². The van der Waals surface area contributed by atoms with E-state index in [2.05, 4.69) is 0 Å². The SMILES string of the molecule is CCOC(=O)C(C(=O)OCC)[C@](C[N+](=O)[O-])(c1cn(S(=O)(=O)c2ccc(C)cc2)c2cc(Cl)ccc12)C(F)(F)F. The Morgan fingerprint density at radius 3 is 2.08 bits per heavy atom. The largest absolute Gasteiger partial charge is 0.465 e. The zero-order chi connectivity index (χ0) is 30.0. The summed E-state index contributed by atoms with van der Waals surface area (Å²) in [6.07, 6.45) is -5.14. The number of alkyl halides is 3. The highest BCUT2D eigenvalue weighted by Gasteiger charge is 2.70. The second-order valence-corrected chi connectivity index (χ2v) is 11.0. The van der Waals surface area contributed by atoms with E-state index >= 15 is 13.2 Å². The summed E-state index contributed by atoms with van der Waals surface area (Å²) in [5, 5.41) is 11.3. The molecule has 0 aliphatic rings. The van der Waals surface area contributed by atoms with Gasteiger partial charge in [-0.05, 0) is 45.0 Å². The Balaban J connectivity index is 2.54. The van der Waals surface area contributed by atoms with Crippen LogP contribution in [-0.2, 0) is 34.5 Å². The predicted molar refractivity (Wildman–Crippen MR) is 137 cm³/mol. The Morgan fingerprint density at radius 1 is 1.05 bits per heavy atom. The second kappa shape index (κ2) is 11.5. The lowest BCUT2D eigenvalue weighted by atomic mass is 9.69. The summed E-state index contributed by atoms with van der Waals surface area (Å²) in [5.74, 6) is -6.36. The lowest BCUT2D eigenvalue weighted by molar-refractivity contribution is -0.503. The molecule has 0 aliphatic carbocycles. The Kier molecular flexibility index (Phi) is 8.84. The molecule has 1 aromatic heterocycles. The van der Waals surface area contributed by atoms with Gasteiger partial charge >= 0.3 is 18.1 Å². The summed E-state index contributed by atoms with van der Waals surface area (Å²) in [7, 11) is -4.61. The molecule has 0 radical (unpaired) electrons. The molecule has 0 saturated heterocycles. The van der Waals surface area contributed by atoms with Crippen molar-refractivity contribution in [2.45, 2.75) is 37.3 Å². The summed E-state index contributed by atoms with van der Waals surface area (Å²) < 4.78 is 83.0. The summed E-state index contributed by atoms with van der Waals surface area (Å²) in [6, 6.07) is 8.63. The normalized spacial score (nSPS) is 13.7. The topological polar surface area (TPSA) is 135 Å². The van der Waals surface area contributed by atoms with E-state index in [1.54, 1.807) is 6.92 Å². The molecule has 0 saturated carbocycles. The van der Waals surface area contributed by atoms with Gasteiger partial charge < -0.3 is 9.47 Å². The van der Waals surface area contributed by atoms with Gasteiger partial charge in [0.05, 0.1) is 23.6 Å². The molecule has 0 bridgehead atoms. The van der Waals surface area contributed by atoms with Crippen molar-refractivity contribution in [2.75, 3.05) is 19.8 Å². The molecule has 15 heteroatoms. The highest BCUT2D eigenvalue weighted by molar-refractivity contribution is 7.90. The molecule has 216 valence electrons. The molecule has 3 aromatic rings. The van der Waals surface area contributed by atoms with Crippen molar-refractivity contribution in [1.82, 2.24) is 3.97 Å². The fourth-order valence-electron chi connectivity index (χ4n) is 4.44. The number of halogens is 4. The molecule has 0 aliphatic heterocycles. The monoisotopic (exact) mass is 604 g/mol. The molecule has 0 amide bonds. The molecule has 0 unspecified atom stereocenters. The minimum Gasteiger partial charge on any atom is -0.465 e. The van der Waals surface area contributed by atoms with E-state index in [1.165, 1.54) is 38.1 Å². The minimum atomic E-state index is -5.67. The van der Waals surface area contributed by atoms with Gasteiger partial charge in [-0.15, -0.1) is 0 Å². The van der Waals surface area contributed by atoms with Crippen LogP contribution < -0.4 is 0 Å². The van der Waals surface area contributed by atoms with E-state index in [0.717, 1.165) is 18.2 Å². The average Bonchev–Trinajstić information content (AvgIpc) is 3.23. The highest BCUT2D eigenvalue weighted by atomic mass is 35.5. The summed E-state index contributed by atoms with van der Waals surface area (Å²) in [5.41, 5.74) is -4.60. The van der Waals surface area contributed by atoms with Gasteiger partial charge in [0, 0.05) is 27.1 Å². The first-order valence-corrected chi connectivity index (χ1v) is 13.6. The number of rotatable bonds is 10. The third kappa shape index (κ3) is 5.50. The van der Waals surface area contributed by atoms with Crippen molar-refractivity contribution >= 4 is 44.5 Å². The maximum absolute atomic E-state index is 15.2. The molecule has 2 aromatic carbocycles. The molecule has 40 heavy (non-hydrogen) atoms. The van der Waals surface area contributed by atoms with Crippen LogP contribution in [0.3, 0.4) is 0 Å². The third-order valence-electron chi connectivity index (χ3n) is 6.21. The van der Waals surface area contributed by atoms with Crippen LogP contribution in [0, 0.1) is 23.0 Å². The van der Waals surface area contributed by atoms with Crippen molar-refractivity contribution < 1.29 is 45.6 Å². The van der Waals surface area contributed by atoms with E-state index in [9.17, 15) is 28.1 Å². The maximum atomic E-state index is 15.2. The summed E-state index contributed by atoms with van der Waals surface area (Å²) in [6.45, 7) is 1.29. The van der Waals surface area contributed by atoms with Crippen molar-refractivity contribution in [2.24, 2.45) is 5.92 Å². The van der Waals surface area contributed by atoms with E-state index in [0.29, 0.717) is 15.7 Å². The number of fused-ring (bicyclic) bond motifs is 1. The van der Waals surface area contributed by atoms with E-state index in [1.807, 2.05) is 0 Å². The lowest BCUT2D eigenvalue weighted by Crippen LogP contribution is -2.58. The van der Waals surface area contributed by atoms with E-state index in [-0.39, 0.29) is 15.4 Å². The number of benzene rings is 2. The van der Waals surface area contributed by atoms with Gasteiger partial charge in [-0.2, -0.15) is 13.2 Å². The number of ether oxygens (including phenoxy) is 2. The van der Waals surface area contributed by atoms with Crippen molar-refractivity contribution in [1.29, 1.82) is 0 Å². The number of nitro groups is 1. The number of hydrogen-bond donors (Lipinski definition) is 0. The fourth-order valence-corrected chi connectivity index (χ4v) is 5.97. The van der Waals surface area contributed by atoms with Gasteiger partial charge in [-0.3, -0.25) is 19.7 Å². The Morgan fingerprint density at radius 2 is 1.60 bits per heavy atom. The Hall–Kier alpha value is -3.65. The van der Waals surface area contributed by atoms with E-state index in [4.69, 9.17) is 21.1 Å². The third-order valence-corrected chi connectivity index (χ3v) is 8.14. The minimum absolute atomic E-state index is 0.0586. The first-order valence-electron chi connectivity index (χ1n) is 11.8. The Bertz CT molecular complexity index is 1540. The van der Waals surface area contributed by atoms with Gasteiger partial charge in [0.25, 0.3) is 10.0 Å². The molecular weight excluding hydrogens is 581 g/mol. The average molecular weight is 605 g/mol. The van der Waals surface area contributed by atoms with Crippen LogP contribution in [-0.4, -0.2) is 55.2 Å². The fraction of sp³-hybridized carbons (Fsp3) is 0.360. The standard InChI is InChI=1S/C25H24ClF3N2O8S/c1-4-38-22(32)21(23(33)39-5-2)24(14-31(34)35,25(27,28)29)19-13-30(20-12-16(26)8-11-18(19)20)40(36,37)17-9-6-15(3)7-10-17/h6-13,21H,4-5,14H2,1-3H3/t24-/m0/s1. The number of nitrogens with zero attached hydrogens (tertiary/aromatic N) is 2. The predicted octanol–water partition coefficient (Wildman–Crippen LogP) is 4.66. The number of hydrogen-bond acceptors (Lipinski definition) is 8. The number of carbonyl (C=O) groups excluding carboxylic acids is 2. The van der Waals surface area contributed by atoms with Crippen LogP contribution in [0.5, 0.6) is 0 Å². The smallest absolute Gasteiger partial charge is 0.406 e. The maximum Gasteiger partial charge on any atom is 0.406 e. The summed E-state index contributed by atoms with van der Waals surface area (Å²) >= 11 is 6.06. The van der Waals surface area contributed by atoms with Gasteiger partial charge in [0.15, 0.2) is 11.3 Å². The van der Waals surface area contributed by atoms with Gasteiger partial charge in [-0.1, -0.05) is 35.4 Å².